The largest absolute Gasteiger partial charge is 0.233 e. The Morgan fingerprint density at radius 1 is 0.947 bits per heavy atom. The van der Waals surface area contributed by atoms with Crippen molar-refractivity contribution < 1.29 is 0 Å². The van der Waals surface area contributed by atoms with Crippen LogP contribution in [-0.2, 0) is 6.42 Å². The third-order valence-corrected chi connectivity index (χ3v) is 3.82. The lowest BCUT2D eigenvalue weighted by Crippen LogP contribution is -1.98. The van der Waals surface area contributed by atoms with Crippen LogP contribution in [0.2, 0.25) is 5.02 Å². The third kappa shape index (κ3) is 1.60. The summed E-state index contributed by atoms with van der Waals surface area (Å²) in [5, 5.41) is 5.25. The van der Waals surface area contributed by atoms with Crippen molar-refractivity contribution in [2.75, 3.05) is 0 Å². The van der Waals surface area contributed by atoms with Crippen LogP contribution in [0.1, 0.15) is 11.1 Å². The summed E-state index contributed by atoms with van der Waals surface area (Å²) < 4.78 is 2.00. The van der Waals surface area contributed by atoms with Gasteiger partial charge in [-0.1, -0.05) is 35.9 Å². The van der Waals surface area contributed by atoms with Crippen molar-refractivity contribution in [3.05, 3.63) is 70.9 Å². The minimum absolute atomic E-state index is 0.743. The van der Waals surface area contributed by atoms with Gasteiger partial charge in [0.2, 0.25) is 0 Å². The maximum atomic E-state index is 5.94. The van der Waals surface area contributed by atoms with Gasteiger partial charge >= 0.3 is 0 Å². The minimum Gasteiger partial charge on any atom is -0.233 e. The summed E-state index contributed by atoms with van der Waals surface area (Å²) in [5.41, 5.74) is 6.19. The van der Waals surface area contributed by atoms with Crippen LogP contribution in [-0.4, -0.2) is 9.78 Å². The van der Waals surface area contributed by atoms with Crippen molar-refractivity contribution in [2.24, 2.45) is 0 Å². The summed E-state index contributed by atoms with van der Waals surface area (Å²) in [4.78, 5) is 0. The fourth-order valence-electron chi connectivity index (χ4n) is 2.69. The Labute approximate surface area is 116 Å². The summed E-state index contributed by atoms with van der Waals surface area (Å²) in [7, 11) is 0. The lowest BCUT2D eigenvalue weighted by Gasteiger charge is -2.07. The zero-order valence-corrected chi connectivity index (χ0v) is 10.9. The van der Waals surface area contributed by atoms with Gasteiger partial charge in [-0.05, 0) is 29.8 Å². The quantitative estimate of drug-likeness (QED) is 0.507. The molecule has 2 nitrogen and oxygen atoms in total. The van der Waals surface area contributed by atoms with E-state index in [-0.39, 0.29) is 0 Å². The first kappa shape index (κ1) is 10.8. The van der Waals surface area contributed by atoms with E-state index in [9.17, 15) is 0 Å². The molecule has 0 aliphatic heterocycles. The van der Waals surface area contributed by atoms with E-state index in [1.165, 1.54) is 22.4 Å². The van der Waals surface area contributed by atoms with E-state index >= 15 is 0 Å². The molecule has 0 saturated carbocycles. The molecule has 0 fully saturated rings. The zero-order valence-electron chi connectivity index (χ0n) is 10.2. The molecule has 0 unspecified atom stereocenters. The van der Waals surface area contributed by atoms with Crippen molar-refractivity contribution in [1.82, 2.24) is 9.78 Å². The molecular weight excluding hydrogens is 256 g/mol. The van der Waals surface area contributed by atoms with Gasteiger partial charge in [0.25, 0.3) is 0 Å². The highest BCUT2D eigenvalue weighted by molar-refractivity contribution is 6.30. The van der Waals surface area contributed by atoms with Crippen molar-refractivity contribution in [3.8, 4) is 16.9 Å². The summed E-state index contributed by atoms with van der Waals surface area (Å²) >= 11 is 5.94. The molecule has 3 heteroatoms. The second-order valence-electron chi connectivity index (χ2n) is 4.74. The minimum atomic E-state index is 0.743. The molecule has 1 aliphatic rings. The second-order valence-corrected chi connectivity index (χ2v) is 5.18. The van der Waals surface area contributed by atoms with Gasteiger partial charge in [0.1, 0.15) is 0 Å². The number of rotatable bonds is 1. The molecule has 19 heavy (non-hydrogen) atoms. The molecule has 2 aromatic carbocycles. The molecule has 0 bridgehead atoms. The number of aromatic nitrogens is 2. The lowest BCUT2D eigenvalue weighted by molar-refractivity contribution is 0.888. The van der Waals surface area contributed by atoms with Gasteiger partial charge in [-0.15, -0.1) is 0 Å². The summed E-state index contributed by atoms with van der Waals surface area (Å²) in [6.07, 6.45) is 2.93. The molecule has 0 amide bonds. The molecule has 1 aliphatic carbocycles. The first-order valence-corrected chi connectivity index (χ1v) is 6.62. The summed E-state index contributed by atoms with van der Waals surface area (Å²) in [6, 6.07) is 16.3. The average molecular weight is 267 g/mol. The molecule has 0 atom stereocenters. The van der Waals surface area contributed by atoms with Crippen LogP contribution in [0.15, 0.2) is 54.7 Å². The van der Waals surface area contributed by atoms with Gasteiger partial charge in [0, 0.05) is 22.6 Å². The fraction of sp³-hybridized carbons (Fsp3) is 0.0625. The normalized spacial score (nSPS) is 12.3. The predicted molar refractivity (Wildman–Crippen MR) is 76.8 cm³/mol. The molecule has 4 rings (SSSR count). The van der Waals surface area contributed by atoms with Crippen molar-refractivity contribution in [3.63, 3.8) is 0 Å². The fourth-order valence-corrected chi connectivity index (χ4v) is 2.81. The van der Waals surface area contributed by atoms with Gasteiger partial charge in [-0.25, -0.2) is 4.68 Å². The van der Waals surface area contributed by atoms with Crippen LogP contribution in [0.5, 0.6) is 0 Å². The van der Waals surface area contributed by atoms with E-state index in [2.05, 4.69) is 29.4 Å². The number of nitrogens with zero attached hydrogens (tertiary/aromatic N) is 2. The third-order valence-electron chi connectivity index (χ3n) is 3.57. The second kappa shape index (κ2) is 3.97. The van der Waals surface area contributed by atoms with Crippen LogP contribution in [0.4, 0.5) is 0 Å². The number of halogens is 1. The maximum absolute atomic E-state index is 5.94. The highest BCUT2D eigenvalue weighted by Crippen LogP contribution is 2.37. The van der Waals surface area contributed by atoms with Crippen molar-refractivity contribution >= 4 is 11.6 Å². The molecule has 1 aromatic heterocycles. The first-order chi connectivity index (χ1) is 9.33. The van der Waals surface area contributed by atoms with Crippen LogP contribution < -0.4 is 0 Å². The van der Waals surface area contributed by atoms with Crippen LogP contribution in [0.3, 0.4) is 0 Å². The lowest BCUT2D eigenvalue weighted by atomic mass is 10.1. The monoisotopic (exact) mass is 266 g/mol. The van der Waals surface area contributed by atoms with E-state index in [0.717, 1.165) is 17.1 Å². The number of benzene rings is 2. The average Bonchev–Trinajstić information content (AvgIpc) is 2.98. The SMILES string of the molecule is Clc1ccc(-n2ncc3c2-c2ccccc2C3)cc1. The zero-order chi connectivity index (χ0) is 12.8. The van der Waals surface area contributed by atoms with E-state index in [4.69, 9.17) is 11.6 Å². The van der Waals surface area contributed by atoms with Crippen LogP contribution in [0, 0.1) is 0 Å². The Morgan fingerprint density at radius 3 is 2.58 bits per heavy atom. The molecular formula is C16H11ClN2. The first-order valence-electron chi connectivity index (χ1n) is 6.24. The van der Waals surface area contributed by atoms with E-state index < -0.39 is 0 Å². The molecule has 0 radical (unpaired) electrons. The smallest absolute Gasteiger partial charge is 0.0779 e. The van der Waals surface area contributed by atoms with Gasteiger partial charge < -0.3 is 0 Å². The molecule has 0 N–H and O–H groups in total. The molecule has 0 spiro atoms. The molecule has 92 valence electrons. The van der Waals surface area contributed by atoms with Crippen LogP contribution in [0.25, 0.3) is 16.9 Å². The molecule has 0 saturated heterocycles. The maximum Gasteiger partial charge on any atom is 0.0779 e. The van der Waals surface area contributed by atoms with Crippen molar-refractivity contribution in [2.45, 2.75) is 6.42 Å². The summed E-state index contributed by atoms with van der Waals surface area (Å²) in [5.74, 6) is 0. The molecule has 1 heterocycles. The highest BCUT2D eigenvalue weighted by Gasteiger charge is 2.23. The standard InChI is InChI=1S/C16H11ClN2/c17-13-5-7-14(8-6-13)19-16-12(10-18-19)9-11-3-1-2-4-15(11)16/h1-8,10H,9H2. The Bertz CT molecular complexity index is 757. The Kier molecular flexibility index (Phi) is 2.26. The van der Waals surface area contributed by atoms with E-state index in [1.54, 1.807) is 0 Å². The van der Waals surface area contributed by atoms with E-state index in [0.29, 0.717) is 0 Å². The summed E-state index contributed by atoms with van der Waals surface area (Å²) in [6.45, 7) is 0. The van der Waals surface area contributed by atoms with Crippen LogP contribution >= 0.6 is 11.6 Å². The van der Waals surface area contributed by atoms with Gasteiger partial charge in [-0.2, -0.15) is 5.10 Å². The molecule has 3 aromatic rings. The highest BCUT2D eigenvalue weighted by atomic mass is 35.5. The van der Waals surface area contributed by atoms with Gasteiger partial charge in [0.05, 0.1) is 17.6 Å². The van der Waals surface area contributed by atoms with Gasteiger partial charge in [0.15, 0.2) is 0 Å². The number of hydrogen-bond donors (Lipinski definition) is 0. The van der Waals surface area contributed by atoms with E-state index in [1.807, 2.05) is 35.1 Å². The number of fused-ring (bicyclic) bond motifs is 3. The topological polar surface area (TPSA) is 17.8 Å². The van der Waals surface area contributed by atoms with Gasteiger partial charge in [-0.3, -0.25) is 0 Å². The number of hydrogen-bond acceptors (Lipinski definition) is 1. The van der Waals surface area contributed by atoms with Crippen molar-refractivity contribution in [1.29, 1.82) is 0 Å². The predicted octanol–water partition coefficient (Wildman–Crippen LogP) is 4.10. The Balaban J connectivity index is 1.93. The Hall–Kier alpha value is -2.06. The Morgan fingerprint density at radius 2 is 1.74 bits per heavy atom.